The number of aryl methyl sites for hydroxylation is 1. The van der Waals surface area contributed by atoms with E-state index in [1.807, 2.05) is 19.1 Å². The Bertz CT molecular complexity index is 789. The molecule has 1 aromatic carbocycles. The number of fused-ring (bicyclic) bond motifs is 1. The Morgan fingerprint density at radius 2 is 2.11 bits per heavy atom. The molecule has 0 amide bonds. The number of thiophene rings is 1. The molecule has 2 aromatic heterocycles. The SMILES string of the molecule is Cc1cc2c(Oc3ccccc3C#N)ncnc2s1. The number of ether oxygens (including phenoxy) is 1. The Morgan fingerprint density at radius 1 is 1.26 bits per heavy atom. The van der Waals surface area contributed by atoms with Gasteiger partial charge in [-0.15, -0.1) is 11.3 Å². The van der Waals surface area contributed by atoms with Crippen LogP contribution in [-0.4, -0.2) is 9.97 Å². The van der Waals surface area contributed by atoms with Crippen molar-refractivity contribution in [1.29, 1.82) is 5.26 Å². The van der Waals surface area contributed by atoms with Gasteiger partial charge in [-0.25, -0.2) is 9.97 Å². The highest BCUT2D eigenvalue weighted by Crippen LogP contribution is 2.32. The molecular weight excluding hydrogens is 258 g/mol. The summed E-state index contributed by atoms with van der Waals surface area (Å²) in [4.78, 5) is 10.4. The van der Waals surface area contributed by atoms with Crippen molar-refractivity contribution in [3.63, 3.8) is 0 Å². The van der Waals surface area contributed by atoms with E-state index < -0.39 is 0 Å². The van der Waals surface area contributed by atoms with Crippen LogP contribution in [0.1, 0.15) is 10.4 Å². The number of nitriles is 1. The van der Waals surface area contributed by atoms with Crippen molar-refractivity contribution in [2.24, 2.45) is 0 Å². The fourth-order valence-corrected chi connectivity index (χ4v) is 2.63. The lowest BCUT2D eigenvalue weighted by Crippen LogP contribution is -1.91. The van der Waals surface area contributed by atoms with Gasteiger partial charge in [0.25, 0.3) is 0 Å². The molecule has 0 saturated heterocycles. The van der Waals surface area contributed by atoms with Crippen molar-refractivity contribution in [3.05, 3.63) is 47.1 Å². The van der Waals surface area contributed by atoms with E-state index in [2.05, 4.69) is 16.0 Å². The summed E-state index contributed by atoms with van der Waals surface area (Å²) in [6.07, 6.45) is 1.47. The second-order valence-corrected chi connectivity index (χ2v) is 5.20. The van der Waals surface area contributed by atoms with Crippen LogP contribution >= 0.6 is 11.3 Å². The van der Waals surface area contributed by atoms with Gasteiger partial charge in [0.05, 0.1) is 10.9 Å². The van der Waals surface area contributed by atoms with Crippen molar-refractivity contribution in [3.8, 4) is 17.7 Å². The maximum absolute atomic E-state index is 9.05. The zero-order chi connectivity index (χ0) is 13.2. The van der Waals surface area contributed by atoms with Gasteiger partial charge in [0, 0.05) is 4.88 Å². The first-order valence-corrected chi connectivity index (χ1v) is 6.47. The van der Waals surface area contributed by atoms with E-state index in [0.717, 1.165) is 15.1 Å². The molecule has 2 heterocycles. The number of benzene rings is 1. The largest absolute Gasteiger partial charge is 0.437 e. The molecule has 4 nitrogen and oxygen atoms in total. The third-order valence-electron chi connectivity index (χ3n) is 2.63. The van der Waals surface area contributed by atoms with E-state index in [0.29, 0.717) is 17.2 Å². The highest BCUT2D eigenvalue weighted by atomic mass is 32.1. The Hall–Kier alpha value is -2.45. The predicted octanol–water partition coefficient (Wildman–Crippen LogP) is 3.66. The van der Waals surface area contributed by atoms with Gasteiger partial charge in [0.2, 0.25) is 5.88 Å². The summed E-state index contributed by atoms with van der Waals surface area (Å²) >= 11 is 1.59. The average Bonchev–Trinajstić information content (AvgIpc) is 2.81. The molecule has 0 N–H and O–H groups in total. The summed E-state index contributed by atoms with van der Waals surface area (Å²) in [5.41, 5.74) is 0.487. The van der Waals surface area contributed by atoms with Gasteiger partial charge in [0.1, 0.15) is 23.0 Å². The number of hydrogen-bond acceptors (Lipinski definition) is 5. The molecular formula is C14H9N3OS. The minimum atomic E-state index is 0.483. The second kappa shape index (κ2) is 4.67. The summed E-state index contributed by atoms with van der Waals surface area (Å²) in [5, 5.41) is 9.93. The normalized spacial score (nSPS) is 10.3. The molecule has 0 saturated carbocycles. The number of hydrogen-bond donors (Lipinski definition) is 0. The van der Waals surface area contributed by atoms with E-state index in [9.17, 15) is 0 Å². The zero-order valence-electron chi connectivity index (χ0n) is 10.1. The third-order valence-corrected chi connectivity index (χ3v) is 3.59. The lowest BCUT2D eigenvalue weighted by atomic mass is 10.2. The number of aromatic nitrogens is 2. The third kappa shape index (κ3) is 2.14. The zero-order valence-corrected chi connectivity index (χ0v) is 10.9. The van der Waals surface area contributed by atoms with Crippen molar-refractivity contribution >= 4 is 21.6 Å². The molecule has 19 heavy (non-hydrogen) atoms. The quantitative estimate of drug-likeness (QED) is 0.711. The number of rotatable bonds is 2. The fourth-order valence-electron chi connectivity index (χ4n) is 1.79. The molecule has 0 fully saturated rings. The van der Waals surface area contributed by atoms with Crippen molar-refractivity contribution in [1.82, 2.24) is 9.97 Å². The smallest absolute Gasteiger partial charge is 0.231 e. The van der Waals surface area contributed by atoms with E-state index in [1.54, 1.807) is 29.5 Å². The molecule has 0 aliphatic rings. The van der Waals surface area contributed by atoms with Crippen LogP contribution in [0.4, 0.5) is 0 Å². The molecule has 0 spiro atoms. The predicted molar refractivity (Wildman–Crippen MR) is 73.4 cm³/mol. The van der Waals surface area contributed by atoms with Crippen LogP contribution in [0.5, 0.6) is 11.6 Å². The fraction of sp³-hybridized carbons (Fsp3) is 0.0714. The summed E-state index contributed by atoms with van der Waals surface area (Å²) in [7, 11) is 0. The highest BCUT2D eigenvalue weighted by Gasteiger charge is 2.10. The lowest BCUT2D eigenvalue weighted by Gasteiger charge is -2.06. The van der Waals surface area contributed by atoms with Crippen molar-refractivity contribution in [2.75, 3.05) is 0 Å². The summed E-state index contributed by atoms with van der Waals surface area (Å²) in [6.45, 7) is 2.01. The summed E-state index contributed by atoms with van der Waals surface area (Å²) in [5.74, 6) is 0.992. The van der Waals surface area contributed by atoms with E-state index in [-0.39, 0.29) is 0 Å². The van der Waals surface area contributed by atoms with Crippen LogP contribution in [0.3, 0.4) is 0 Å². The van der Waals surface area contributed by atoms with Crippen molar-refractivity contribution < 1.29 is 4.74 Å². The number of para-hydroxylation sites is 1. The Labute approximate surface area is 113 Å². The van der Waals surface area contributed by atoms with E-state index in [4.69, 9.17) is 10.00 Å². The molecule has 0 radical (unpaired) electrons. The molecule has 0 unspecified atom stereocenters. The first kappa shape index (κ1) is 11.6. The molecule has 0 aliphatic carbocycles. The molecule has 5 heteroatoms. The molecule has 0 bridgehead atoms. The van der Waals surface area contributed by atoms with Crippen LogP contribution in [0.2, 0.25) is 0 Å². The Balaban J connectivity index is 2.09. The van der Waals surface area contributed by atoms with Crippen LogP contribution < -0.4 is 4.74 Å². The minimum absolute atomic E-state index is 0.483. The highest BCUT2D eigenvalue weighted by molar-refractivity contribution is 7.18. The second-order valence-electron chi connectivity index (χ2n) is 3.96. The van der Waals surface area contributed by atoms with E-state index >= 15 is 0 Å². The monoisotopic (exact) mass is 267 g/mol. The van der Waals surface area contributed by atoms with Gasteiger partial charge in [-0.3, -0.25) is 0 Å². The molecule has 92 valence electrons. The molecule has 0 aliphatic heterocycles. The minimum Gasteiger partial charge on any atom is -0.437 e. The van der Waals surface area contributed by atoms with Crippen molar-refractivity contribution in [2.45, 2.75) is 6.92 Å². The van der Waals surface area contributed by atoms with Crippen LogP contribution in [0.15, 0.2) is 36.7 Å². The summed E-state index contributed by atoms with van der Waals surface area (Å²) < 4.78 is 5.76. The van der Waals surface area contributed by atoms with Crippen LogP contribution in [0.25, 0.3) is 10.2 Å². The first-order chi connectivity index (χ1) is 9.28. The van der Waals surface area contributed by atoms with Crippen LogP contribution in [0, 0.1) is 18.3 Å². The van der Waals surface area contributed by atoms with Gasteiger partial charge < -0.3 is 4.74 Å². The number of nitrogens with zero attached hydrogens (tertiary/aromatic N) is 3. The maximum Gasteiger partial charge on any atom is 0.231 e. The van der Waals surface area contributed by atoms with Gasteiger partial charge >= 0.3 is 0 Å². The van der Waals surface area contributed by atoms with Gasteiger partial charge in [0.15, 0.2) is 0 Å². The molecule has 0 atom stereocenters. The maximum atomic E-state index is 9.05. The molecule has 3 rings (SSSR count). The van der Waals surface area contributed by atoms with Gasteiger partial charge in [-0.2, -0.15) is 5.26 Å². The summed E-state index contributed by atoms with van der Waals surface area (Å²) in [6, 6.07) is 11.2. The standard InChI is InChI=1S/C14H9N3OS/c1-9-6-11-13(16-8-17-14(11)19-9)18-12-5-3-2-4-10(12)7-15/h2-6,8H,1H3. The topological polar surface area (TPSA) is 58.8 Å². The average molecular weight is 267 g/mol. The lowest BCUT2D eigenvalue weighted by molar-refractivity contribution is 0.467. The van der Waals surface area contributed by atoms with Crippen LogP contribution in [-0.2, 0) is 0 Å². The Morgan fingerprint density at radius 3 is 2.95 bits per heavy atom. The molecule has 3 aromatic rings. The van der Waals surface area contributed by atoms with E-state index in [1.165, 1.54) is 6.33 Å². The first-order valence-electron chi connectivity index (χ1n) is 5.66. The Kier molecular flexibility index (Phi) is 2.86. The van der Waals surface area contributed by atoms with Gasteiger partial charge in [-0.1, -0.05) is 12.1 Å². The van der Waals surface area contributed by atoms with Gasteiger partial charge in [-0.05, 0) is 25.1 Å².